The molecule has 2 aromatic rings. The van der Waals surface area contributed by atoms with Gasteiger partial charge in [-0.2, -0.15) is 5.10 Å². The minimum atomic E-state index is -0.276. The number of aromatic nitrogens is 2. The van der Waals surface area contributed by atoms with Gasteiger partial charge in [-0.3, -0.25) is 4.68 Å². The molecule has 0 aliphatic heterocycles. The van der Waals surface area contributed by atoms with Gasteiger partial charge in [0.25, 0.3) is 0 Å². The molecule has 17 heavy (non-hydrogen) atoms. The molecule has 1 unspecified atom stereocenters. The third-order valence-corrected chi connectivity index (χ3v) is 3.81. The van der Waals surface area contributed by atoms with Gasteiger partial charge in [-0.1, -0.05) is 0 Å². The zero-order valence-corrected chi connectivity index (χ0v) is 12.7. The van der Waals surface area contributed by atoms with E-state index >= 15 is 0 Å². The molecule has 92 valence electrons. The zero-order valence-electron chi connectivity index (χ0n) is 9.52. The summed E-state index contributed by atoms with van der Waals surface area (Å²) in [6.45, 7) is 4.14. The lowest BCUT2D eigenvalue weighted by Gasteiger charge is -2.16. The largest absolute Gasteiger partial charge is 0.457 e. The van der Waals surface area contributed by atoms with Gasteiger partial charge < -0.3 is 10.2 Å². The highest BCUT2D eigenvalue weighted by Crippen LogP contribution is 2.32. The van der Waals surface area contributed by atoms with E-state index in [0.29, 0.717) is 4.67 Å². The Balaban J connectivity index is 2.47. The van der Waals surface area contributed by atoms with E-state index in [1.165, 1.54) is 0 Å². The molecular weight excluding hydrogens is 350 g/mol. The van der Waals surface area contributed by atoms with Crippen LogP contribution in [0.5, 0.6) is 0 Å². The second-order valence-corrected chi connectivity index (χ2v) is 5.62. The van der Waals surface area contributed by atoms with Crippen LogP contribution in [0.1, 0.15) is 37.2 Å². The van der Waals surface area contributed by atoms with Crippen LogP contribution in [0, 0.1) is 0 Å². The van der Waals surface area contributed by atoms with Gasteiger partial charge in [-0.25, -0.2) is 0 Å². The van der Waals surface area contributed by atoms with Gasteiger partial charge in [0.2, 0.25) is 0 Å². The highest BCUT2D eigenvalue weighted by molar-refractivity contribution is 9.10. The quantitative estimate of drug-likeness (QED) is 0.906. The lowest BCUT2D eigenvalue weighted by molar-refractivity contribution is 0.493. The summed E-state index contributed by atoms with van der Waals surface area (Å²) in [6, 6.07) is 1.84. The van der Waals surface area contributed by atoms with E-state index in [2.05, 4.69) is 50.8 Å². The fourth-order valence-corrected chi connectivity index (χ4v) is 2.73. The number of hydrogen-bond acceptors (Lipinski definition) is 3. The van der Waals surface area contributed by atoms with Crippen molar-refractivity contribution in [3.63, 3.8) is 0 Å². The first kappa shape index (κ1) is 12.9. The molecule has 2 heterocycles. The molecule has 4 nitrogen and oxygen atoms in total. The Morgan fingerprint density at radius 2 is 2.12 bits per heavy atom. The van der Waals surface area contributed by atoms with Crippen molar-refractivity contribution >= 4 is 31.9 Å². The fourth-order valence-electron chi connectivity index (χ4n) is 1.73. The number of rotatable bonds is 3. The van der Waals surface area contributed by atoms with Gasteiger partial charge in [0.1, 0.15) is 0 Å². The number of furan rings is 1. The molecule has 0 saturated heterocycles. The second kappa shape index (κ2) is 4.96. The summed E-state index contributed by atoms with van der Waals surface area (Å²) in [4.78, 5) is 0. The monoisotopic (exact) mass is 361 g/mol. The summed E-state index contributed by atoms with van der Waals surface area (Å²) in [5.41, 5.74) is 8.12. The molecule has 1 atom stereocenters. The molecule has 2 N–H and O–H groups in total. The van der Waals surface area contributed by atoms with Crippen LogP contribution < -0.4 is 5.73 Å². The van der Waals surface area contributed by atoms with Gasteiger partial charge in [0, 0.05) is 11.6 Å². The van der Waals surface area contributed by atoms with Gasteiger partial charge in [0.15, 0.2) is 4.67 Å². The van der Waals surface area contributed by atoms with Crippen molar-refractivity contribution in [2.24, 2.45) is 5.73 Å². The molecule has 0 saturated carbocycles. The van der Waals surface area contributed by atoms with Crippen LogP contribution in [0.3, 0.4) is 0 Å². The van der Waals surface area contributed by atoms with Crippen LogP contribution in [-0.2, 0) is 0 Å². The lowest BCUT2D eigenvalue weighted by atomic mass is 10.1. The van der Waals surface area contributed by atoms with Crippen LogP contribution in [0.25, 0.3) is 0 Å². The Kier molecular flexibility index (Phi) is 3.75. The summed E-state index contributed by atoms with van der Waals surface area (Å²) in [7, 11) is 0. The zero-order chi connectivity index (χ0) is 12.6. The van der Waals surface area contributed by atoms with E-state index in [0.717, 1.165) is 15.7 Å². The van der Waals surface area contributed by atoms with Gasteiger partial charge in [-0.05, 0) is 51.8 Å². The first-order valence-electron chi connectivity index (χ1n) is 5.23. The van der Waals surface area contributed by atoms with Crippen LogP contribution >= 0.6 is 31.9 Å². The lowest BCUT2D eigenvalue weighted by Crippen LogP contribution is -2.19. The van der Waals surface area contributed by atoms with E-state index in [1.54, 1.807) is 12.5 Å². The SMILES string of the molecule is CC(C)n1ncc(Br)c1C(N)c1ccoc1Br. The Bertz CT molecular complexity index is 519. The first-order chi connectivity index (χ1) is 8.02. The number of nitrogens with two attached hydrogens (primary N) is 1. The highest BCUT2D eigenvalue weighted by Gasteiger charge is 2.22. The first-order valence-corrected chi connectivity index (χ1v) is 6.82. The Labute approximate surface area is 116 Å². The summed E-state index contributed by atoms with van der Waals surface area (Å²) >= 11 is 6.83. The van der Waals surface area contributed by atoms with Gasteiger partial charge >= 0.3 is 0 Å². The Morgan fingerprint density at radius 3 is 2.65 bits per heavy atom. The maximum absolute atomic E-state index is 6.26. The average Bonchev–Trinajstić information content (AvgIpc) is 2.83. The molecule has 0 aromatic carbocycles. The molecule has 0 amide bonds. The maximum Gasteiger partial charge on any atom is 0.174 e. The average molecular weight is 363 g/mol. The summed E-state index contributed by atoms with van der Waals surface area (Å²) in [5, 5.41) is 4.32. The molecular formula is C11H13Br2N3O. The Morgan fingerprint density at radius 1 is 1.41 bits per heavy atom. The summed E-state index contributed by atoms with van der Waals surface area (Å²) in [6.07, 6.45) is 3.38. The van der Waals surface area contributed by atoms with Crippen LogP contribution in [0.4, 0.5) is 0 Å². The van der Waals surface area contributed by atoms with Gasteiger partial charge in [-0.15, -0.1) is 0 Å². The van der Waals surface area contributed by atoms with Crippen molar-refractivity contribution in [1.29, 1.82) is 0 Å². The van der Waals surface area contributed by atoms with Crippen LogP contribution in [0.2, 0.25) is 0 Å². The van der Waals surface area contributed by atoms with E-state index in [-0.39, 0.29) is 12.1 Å². The minimum absolute atomic E-state index is 0.257. The van der Waals surface area contributed by atoms with Crippen molar-refractivity contribution in [3.8, 4) is 0 Å². The topological polar surface area (TPSA) is 57.0 Å². The van der Waals surface area contributed by atoms with E-state index in [4.69, 9.17) is 10.2 Å². The number of hydrogen-bond donors (Lipinski definition) is 1. The smallest absolute Gasteiger partial charge is 0.174 e. The standard InChI is InChI=1S/C11H13Br2N3O/c1-6(2)16-10(8(12)5-15-16)9(14)7-3-4-17-11(7)13/h3-6,9H,14H2,1-2H3. The van der Waals surface area contributed by atoms with E-state index in [1.807, 2.05) is 10.7 Å². The second-order valence-electron chi connectivity index (χ2n) is 4.04. The van der Waals surface area contributed by atoms with Crippen molar-refractivity contribution in [3.05, 3.63) is 38.9 Å². The predicted octanol–water partition coefficient (Wildman–Crippen LogP) is 3.63. The molecule has 0 aliphatic carbocycles. The third kappa shape index (κ3) is 2.34. The van der Waals surface area contributed by atoms with Crippen LogP contribution in [0.15, 0.2) is 32.1 Å². The highest BCUT2D eigenvalue weighted by atomic mass is 79.9. The maximum atomic E-state index is 6.26. The van der Waals surface area contributed by atoms with Crippen molar-refractivity contribution in [2.45, 2.75) is 25.9 Å². The summed E-state index contributed by atoms with van der Waals surface area (Å²) < 4.78 is 8.70. The number of halogens is 2. The molecule has 0 bridgehead atoms. The Hall–Kier alpha value is -0.590. The molecule has 2 aromatic heterocycles. The van der Waals surface area contributed by atoms with Crippen molar-refractivity contribution < 1.29 is 4.42 Å². The van der Waals surface area contributed by atoms with Gasteiger partial charge in [0.05, 0.1) is 28.7 Å². The molecule has 2 rings (SSSR count). The van der Waals surface area contributed by atoms with E-state index in [9.17, 15) is 0 Å². The summed E-state index contributed by atoms with van der Waals surface area (Å²) in [5.74, 6) is 0. The van der Waals surface area contributed by atoms with Crippen molar-refractivity contribution in [1.82, 2.24) is 9.78 Å². The third-order valence-electron chi connectivity index (χ3n) is 2.55. The minimum Gasteiger partial charge on any atom is -0.457 e. The van der Waals surface area contributed by atoms with Crippen LogP contribution in [-0.4, -0.2) is 9.78 Å². The van der Waals surface area contributed by atoms with Crippen molar-refractivity contribution in [2.75, 3.05) is 0 Å². The molecule has 0 fully saturated rings. The molecule has 0 spiro atoms. The fraction of sp³-hybridized carbons (Fsp3) is 0.364. The normalized spacial score (nSPS) is 13.3. The predicted molar refractivity (Wildman–Crippen MR) is 72.8 cm³/mol. The number of nitrogens with zero attached hydrogens (tertiary/aromatic N) is 2. The molecule has 6 heteroatoms. The van der Waals surface area contributed by atoms with E-state index < -0.39 is 0 Å². The molecule has 0 radical (unpaired) electrons. The molecule has 0 aliphatic rings.